The molecule has 1 aromatic rings. The molecule has 0 bridgehead atoms. The molecule has 10 nitrogen and oxygen atoms in total. The number of nitrogen functional groups attached to an aromatic ring is 1. The quantitative estimate of drug-likeness (QED) is 0.134. The van der Waals surface area contributed by atoms with E-state index in [0.29, 0.717) is 5.56 Å². The van der Waals surface area contributed by atoms with E-state index in [0.717, 1.165) is 0 Å². The third-order valence-corrected chi connectivity index (χ3v) is 6.58. The van der Waals surface area contributed by atoms with E-state index in [1.165, 1.54) is 19.1 Å². The van der Waals surface area contributed by atoms with Gasteiger partial charge in [0.2, 0.25) is 11.6 Å². The lowest BCUT2D eigenvalue weighted by Gasteiger charge is -2.51. The Bertz CT molecular complexity index is 1120. The molecule has 1 unspecified atom stereocenters. The highest BCUT2D eigenvalue weighted by atomic mass is 16.3. The number of phenols is 1. The molecule has 0 aliphatic heterocycles. The number of hydrogen-bond donors (Lipinski definition) is 7. The smallest absolute Gasteiger partial charge is 0.255 e. The van der Waals surface area contributed by atoms with Gasteiger partial charge in [0.1, 0.15) is 22.8 Å². The fourth-order valence-electron chi connectivity index (χ4n) is 5.03. The first-order valence-corrected chi connectivity index (χ1v) is 9.23. The van der Waals surface area contributed by atoms with Gasteiger partial charge in [0.25, 0.3) is 5.91 Å². The first-order chi connectivity index (χ1) is 13.8. The van der Waals surface area contributed by atoms with Crippen LogP contribution >= 0.6 is 0 Å². The predicted molar refractivity (Wildman–Crippen MR) is 104 cm³/mol. The van der Waals surface area contributed by atoms with Gasteiger partial charge in [-0.15, -0.1) is 0 Å². The number of amides is 1. The number of hydrogen-bond acceptors (Lipinski definition) is 9. The number of Topliss-reactive ketones (excluding diaryl/α,β-unsaturated/α-hetero) is 2. The normalized spacial score (nSPS) is 33.2. The van der Waals surface area contributed by atoms with Crippen molar-refractivity contribution < 1.29 is 34.8 Å². The minimum atomic E-state index is -2.81. The molecular formula is C20H21N3O7. The lowest BCUT2D eigenvalue weighted by Crippen LogP contribution is -2.70. The van der Waals surface area contributed by atoms with Crippen molar-refractivity contribution in [2.45, 2.75) is 30.9 Å². The van der Waals surface area contributed by atoms with E-state index in [1.54, 1.807) is 0 Å². The zero-order valence-electron chi connectivity index (χ0n) is 16.0. The number of fused-ring (bicyclic) bond motifs is 3. The van der Waals surface area contributed by atoms with Crippen LogP contribution in [0, 0.1) is 11.8 Å². The van der Waals surface area contributed by atoms with Crippen molar-refractivity contribution in [3.05, 3.63) is 40.2 Å². The number of aliphatic hydroxyl groups is 3. The van der Waals surface area contributed by atoms with Crippen molar-refractivity contribution >= 4 is 28.9 Å². The van der Waals surface area contributed by atoms with Crippen LogP contribution in [0.3, 0.4) is 0 Å². The molecule has 4 atom stereocenters. The van der Waals surface area contributed by atoms with Gasteiger partial charge in [0.05, 0.1) is 11.1 Å². The van der Waals surface area contributed by atoms with Crippen molar-refractivity contribution in [1.82, 2.24) is 0 Å². The van der Waals surface area contributed by atoms with Crippen molar-refractivity contribution in [1.29, 1.82) is 0 Å². The Kier molecular flexibility index (Phi) is 3.87. The standard InChI is InChI=1S/C20H21N3O7/c1-19(23)10-5-6-4-7-8(21)2-3-9(24)12(7)14(25)11(6)16(27)20(10,30)17(28)13(15(19)26)18(22)29/h2-3,6,10,24-26,30H,4-5,21,23H2,1H3,(H2,22,29)/t6-,10-,19?,20-/m0/s1. The summed E-state index contributed by atoms with van der Waals surface area (Å²) in [5.74, 6) is -7.57. The van der Waals surface area contributed by atoms with E-state index in [4.69, 9.17) is 17.2 Å². The van der Waals surface area contributed by atoms with E-state index in [-0.39, 0.29) is 35.4 Å². The number of ketones is 2. The monoisotopic (exact) mass is 415 g/mol. The summed E-state index contributed by atoms with van der Waals surface area (Å²) in [5.41, 5.74) is 12.2. The van der Waals surface area contributed by atoms with Crippen molar-refractivity contribution in [3.63, 3.8) is 0 Å². The van der Waals surface area contributed by atoms with E-state index < -0.39 is 57.5 Å². The van der Waals surface area contributed by atoms with Gasteiger partial charge in [-0.3, -0.25) is 14.4 Å². The van der Waals surface area contributed by atoms with Gasteiger partial charge in [-0.25, -0.2) is 0 Å². The molecule has 1 amide bonds. The number of nitrogens with two attached hydrogens (primary N) is 3. The summed E-state index contributed by atoms with van der Waals surface area (Å²) in [4.78, 5) is 38.1. The first kappa shape index (κ1) is 19.9. The predicted octanol–water partition coefficient (Wildman–Crippen LogP) is -0.667. The molecule has 158 valence electrons. The molecule has 0 radical (unpaired) electrons. The number of phenolic OH excluding ortho intramolecular Hbond substituents is 1. The van der Waals surface area contributed by atoms with Crippen LogP contribution in [0.15, 0.2) is 29.0 Å². The van der Waals surface area contributed by atoms with E-state index in [9.17, 15) is 34.8 Å². The SMILES string of the molecule is CC1(N)C(O)=C(C(N)=O)C(=O)[C@@]2(O)C(=O)C3=C(O)c4c(O)ccc(N)c4C[C@H]3C[C@@H]12. The van der Waals surface area contributed by atoms with Crippen LogP contribution in [0.4, 0.5) is 5.69 Å². The zero-order chi connectivity index (χ0) is 22.3. The van der Waals surface area contributed by atoms with Crippen LogP contribution in [0.5, 0.6) is 5.75 Å². The van der Waals surface area contributed by atoms with Crippen molar-refractivity contribution in [3.8, 4) is 5.75 Å². The summed E-state index contributed by atoms with van der Waals surface area (Å²) >= 11 is 0. The summed E-state index contributed by atoms with van der Waals surface area (Å²) in [6, 6.07) is 2.71. The molecule has 10 N–H and O–H groups in total. The number of rotatable bonds is 1. The van der Waals surface area contributed by atoms with E-state index >= 15 is 0 Å². The third-order valence-electron chi connectivity index (χ3n) is 6.58. The van der Waals surface area contributed by atoms with Crippen molar-refractivity contribution in [2.24, 2.45) is 23.3 Å². The molecule has 3 aliphatic carbocycles. The number of carbonyl (C=O) groups is 3. The van der Waals surface area contributed by atoms with E-state index in [1.807, 2.05) is 0 Å². The molecule has 0 spiro atoms. The second kappa shape index (κ2) is 5.83. The molecule has 30 heavy (non-hydrogen) atoms. The topological polar surface area (TPSA) is 210 Å². The molecule has 10 heteroatoms. The third kappa shape index (κ3) is 2.17. The highest BCUT2D eigenvalue weighted by Gasteiger charge is 2.67. The Morgan fingerprint density at radius 3 is 2.40 bits per heavy atom. The molecule has 4 rings (SSSR count). The van der Waals surface area contributed by atoms with Gasteiger partial charge in [-0.05, 0) is 43.4 Å². The average molecular weight is 415 g/mol. The average Bonchev–Trinajstić information content (AvgIpc) is 2.65. The Hall–Kier alpha value is -3.37. The number of carbonyl (C=O) groups excluding carboxylic acids is 3. The Balaban J connectivity index is 1.98. The maximum absolute atomic E-state index is 13.4. The summed E-state index contributed by atoms with van der Waals surface area (Å²) in [6.45, 7) is 1.28. The van der Waals surface area contributed by atoms with E-state index in [2.05, 4.69) is 0 Å². The number of primary amides is 1. The van der Waals surface area contributed by atoms with Crippen molar-refractivity contribution in [2.75, 3.05) is 5.73 Å². The second-order valence-corrected chi connectivity index (χ2v) is 8.27. The minimum absolute atomic E-state index is 0.0519. The highest BCUT2D eigenvalue weighted by molar-refractivity contribution is 6.33. The summed E-state index contributed by atoms with van der Waals surface area (Å²) < 4.78 is 0. The van der Waals surface area contributed by atoms with Crippen LogP contribution in [-0.4, -0.2) is 49.0 Å². The molecule has 3 aliphatic rings. The fraction of sp³-hybridized carbons (Fsp3) is 0.350. The molecule has 0 heterocycles. The summed E-state index contributed by atoms with van der Waals surface area (Å²) in [7, 11) is 0. The molecule has 0 saturated heterocycles. The van der Waals surface area contributed by atoms with Crippen LogP contribution in [0.2, 0.25) is 0 Å². The Morgan fingerprint density at radius 1 is 1.17 bits per heavy atom. The van der Waals surface area contributed by atoms with Crippen LogP contribution in [-0.2, 0) is 20.8 Å². The van der Waals surface area contributed by atoms with Crippen LogP contribution in [0.25, 0.3) is 5.76 Å². The Labute approximate surface area is 170 Å². The maximum atomic E-state index is 13.4. The van der Waals surface area contributed by atoms with Gasteiger partial charge in [0.15, 0.2) is 5.60 Å². The fourth-order valence-corrected chi connectivity index (χ4v) is 5.03. The second-order valence-electron chi connectivity index (χ2n) is 8.27. The lowest BCUT2D eigenvalue weighted by molar-refractivity contribution is -0.162. The summed E-state index contributed by atoms with van der Waals surface area (Å²) in [6.07, 6.45) is 0.0513. The van der Waals surface area contributed by atoms with Gasteiger partial charge in [-0.1, -0.05) is 0 Å². The number of benzene rings is 1. The maximum Gasteiger partial charge on any atom is 0.255 e. The lowest BCUT2D eigenvalue weighted by atomic mass is 9.54. The van der Waals surface area contributed by atoms with Gasteiger partial charge >= 0.3 is 0 Å². The molecular weight excluding hydrogens is 394 g/mol. The first-order valence-electron chi connectivity index (χ1n) is 9.23. The zero-order valence-corrected chi connectivity index (χ0v) is 16.0. The molecule has 1 saturated carbocycles. The molecule has 1 fully saturated rings. The van der Waals surface area contributed by atoms with Gasteiger partial charge in [-0.2, -0.15) is 0 Å². The van der Waals surface area contributed by atoms with Gasteiger partial charge in [0, 0.05) is 17.2 Å². The van der Waals surface area contributed by atoms with Crippen LogP contribution < -0.4 is 17.2 Å². The Morgan fingerprint density at radius 2 is 1.80 bits per heavy atom. The molecule has 1 aromatic carbocycles. The molecule has 0 aromatic heterocycles. The number of aromatic hydroxyl groups is 1. The minimum Gasteiger partial charge on any atom is -0.509 e. The highest BCUT2D eigenvalue weighted by Crippen LogP contribution is 2.53. The largest absolute Gasteiger partial charge is 0.509 e. The van der Waals surface area contributed by atoms with Crippen LogP contribution in [0.1, 0.15) is 24.5 Å². The summed E-state index contributed by atoms with van der Waals surface area (Å²) in [5, 5.41) is 42.7. The van der Waals surface area contributed by atoms with Gasteiger partial charge < -0.3 is 37.6 Å². The number of anilines is 1. The number of aliphatic hydroxyl groups excluding tert-OH is 2.